The van der Waals surface area contributed by atoms with E-state index in [4.69, 9.17) is 9.15 Å². The number of allylic oxidation sites excluding steroid dienone is 1. The number of unbranched alkanes of at least 4 members (excludes halogenated alkanes) is 3. The van der Waals surface area contributed by atoms with Gasteiger partial charge in [0.1, 0.15) is 5.76 Å². The SMILES string of the molecule is C=C1Cc2oc(=O)cc(CCCCCC)c2C(OCF)N1. The van der Waals surface area contributed by atoms with Gasteiger partial charge in [-0.1, -0.05) is 32.8 Å². The van der Waals surface area contributed by atoms with Crippen molar-refractivity contribution in [3.63, 3.8) is 0 Å². The molecule has 0 aromatic carbocycles. The summed E-state index contributed by atoms with van der Waals surface area (Å²) in [5, 5.41) is 3.02. The van der Waals surface area contributed by atoms with Gasteiger partial charge >= 0.3 is 5.63 Å². The van der Waals surface area contributed by atoms with Gasteiger partial charge in [-0.15, -0.1) is 0 Å². The van der Waals surface area contributed by atoms with Crippen molar-refractivity contribution >= 4 is 0 Å². The largest absolute Gasteiger partial charge is 0.427 e. The van der Waals surface area contributed by atoms with Gasteiger partial charge in [-0.25, -0.2) is 9.18 Å². The zero-order chi connectivity index (χ0) is 15.2. The molecule has 0 aliphatic carbocycles. The van der Waals surface area contributed by atoms with Crippen LogP contribution in [0.25, 0.3) is 0 Å². The zero-order valence-electron chi connectivity index (χ0n) is 12.4. The Labute approximate surface area is 124 Å². The number of nitrogens with one attached hydrogen (secondary N) is 1. The molecule has 1 aliphatic rings. The molecule has 0 bridgehead atoms. The third-order valence-corrected chi connectivity index (χ3v) is 3.66. The van der Waals surface area contributed by atoms with E-state index < -0.39 is 13.1 Å². The van der Waals surface area contributed by atoms with E-state index in [0.717, 1.165) is 36.8 Å². The van der Waals surface area contributed by atoms with E-state index in [2.05, 4.69) is 18.8 Å². The average Bonchev–Trinajstić information content (AvgIpc) is 2.42. The second kappa shape index (κ2) is 7.41. The number of hydrogen-bond donors (Lipinski definition) is 1. The summed E-state index contributed by atoms with van der Waals surface area (Å²) < 4.78 is 22.9. The standard InChI is InChI=1S/C16H22FNO3/c1-3-4-5-6-7-12-9-14(19)21-13-8-11(2)18-16(15(12)13)20-10-17/h9,16,18H,2-8,10H2,1H3. The van der Waals surface area contributed by atoms with Gasteiger partial charge in [-0.05, 0) is 18.4 Å². The lowest BCUT2D eigenvalue weighted by molar-refractivity contribution is -0.0238. The molecule has 0 amide bonds. The highest BCUT2D eigenvalue weighted by Gasteiger charge is 2.27. The Bertz CT molecular complexity index is 553. The lowest BCUT2D eigenvalue weighted by Crippen LogP contribution is -2.31. The Hall–Kier alpha value is -1.62. The highest BCUT2D eigenvalue weighted by atomic mass is 19.1. The monoisotopic (exact) mass is 295 g/mol. The zero-order valence-corrected chi connectivity index (χ0v) is 12.4. The van der Waals surface area contributed by atoms with Crippen molar-refractivity contribution in [2.45, 2.75) is 51.7 Å². The van der Waals surface area contributed by atoms with Crippen LogP contribution in [-0.4, -0.2) is 6.86 Å². The molecule has 116 valence electrons. The van der Waals surface area contributed by atoms with E-state index in [0.29, 0.717) is 17.9 Å². The van der Waals surface area contributed by atoms with Gasteiger partial charge in [0.05, 0.1) is 0 Å². The molecule has 2 rings (SSSR count). The minimum atomic E-state index is -0.904. The molecular weight excluding hydrogens is 273 g/mol. The molecule has 1 unspecified atom stereocenters. The number of hydrogen-bond acceptors (Lipinski definition) is 4. The number of aryl methyl sites for hydroxylation is 1. The predicted octanol–water partition coefficient (Wildman–Crippen LogP) is 3.36. The predicted molar refractivity (Wildman–Crippen MR) is 78.6 cm³/mol. The molecule has 1 N–H and O–H groups in total. The van der Waals surface area contributed by atoms with Gasteiger partial charge in [-0.2, -0.15) is 0 Å². The first-order chi connectivity index (χ1) is 10.2. The van der Waals surface area contributed by atoms with Crippen LogP contribution in [0.4, 0.5) is 4.39 Å². The van der Waals surface area contributed by atoms with Crippen LogP contribution in [0.15, 0.2) is 27.6 Å². The summed E-state index contributed by atoms with van der Waals surface area (Å²) in [6.45, 7) is 5.06. The Morgan fingerprint density at radius 1 is 1.48 bits per heavy atom. The third kappa shape index (κ3) is 3.94. The van der Waals surface area contributed by atoms with Crippen LogP contribution in [0.1, 0.15) is 55.7 Å². The molecule has 1 aromatic rings. The molecule has 0 radical (unpaired) electrons. The molecule has 2 heterocycles. The summed E-state index contributed by atoms with van der Waals surface area (Å²) in [4.78, 5) is 11.7. The second-order valence-corrected chi connectivity index (χ2v) is 5.32. The van der Waals surface area contributed by atoms with E-state index >= 15 is 0 Å². The number of rotatable bonds is 7. The van der Waals surface area contributed by atoms with Crippen molar-refractivity contribution in [2.75, 3.05) is 6.86 Å². The molecule has 5 heteroatoms. The summed E-state index contributed by atoms with van der Waals surface area (Å²) in [6, 6.07) is 1.50. The van der Waals surface area contributed by atoms with E-state index in [1.54, 1.807) is 0 Å². The first-order valence-electron chi connectivity index (χ1n) is 7.43. The molecule has 0 spiro atoms. The van der Waals surface area contributed by atoms with Crippen molar-refractivity contribution in [3.8, 4) is 0 Å². The normalized spacial score (nSPS) is 17.4. The maximum Gasteiger partial charge on any atom is 0.336 e. The van der Waals surface area contributed by atoms with Crippen LogP contribution >= 0.6 is 0 Å². The topological polar surface area (TPSA) is 51.5 Å². The van der Waals surface area contributed by atoms with Gasteiger partial charge in [0.15, 0.2) is 13.1 Å². The highest BCUT2D eigenvalue weighted by Crippen LogP contribution is 2.30. The molecule has 4 nitrogen and oxygen atoms in total. The maximum absolute atomic E-state index is 12.6. The van der Waals surface area contributed by atoms with Crippen LogP contribution in [0.5, 0.6) is 0 Å². The first kappa shape index (κ1) is 15.8. The molecule has 1 aliphatic heterocycles. The van der Waals surface area contributed by atoms with Crippen LogP contribution in [0.2, 0.25) is 0 Å². The lowest BCUT2D eigenvalue weighted by atomic mass is 9.96. The van der Waals surface area contributed by atoms with Crippen molar-refractivity contribution < 1.29 is 13.5 Å². The fourth-order valence-corrected chi connectivity index (χ4v) is 2.69. The second-order valence-electron chi connectivity index (χ2n) is 5.32. The van der Waals surface area contributed by atoms with Gasteiger partial charge < -0.3 is 14.5 Å². The Kier molecular flexibility index (Phi) is 5.56. The van der Waals surface area contributed by atoms with E-state index in [9.17, 15) is 9.18 Å². The van der Waals surface area contributed by atoms with Crippen molar-refractivity contribution in [1.82, 2.24) is 5.32 Å². The van der Waals surface area contributed by atoms with Crippen LogP contribution in [-0.2, 0) is 17.6 Å². The summed E-state index contributed by atoms with van der Waals surface area (Å²) in [5.41, 5.74) is 1.94. The molecule has 0 saturated heterocycles. The average molecular weight is 295 g/mol. The number of halogens is 1. The van der Waals surface area contributed by atoms with Gasteiger partial charge in [0.25, 0.3) is 0 Å². The Morgan fingerprint density at radius 2 is 2.29 bits per heavy atom. The minimum absolute atomic E-state index is 0.368. The summed E-state index contributed by atoms with van der Waals surface area (Å²) in [6.07, 6.45) is 5.01. The fraction of sp³-hybridized carbons (Fsp3) is 0.562. The van der Waals surface area contributed by atoms with Gasteiger partial charge in [0.2, 0.25) is 0 Å². The Morgan fingerprint density at radius 3 is 3.00 bits per heavy atom. The summed E-state index contributed by atoms with van der Waals surface area (Å²) in [5.74, 6) is 0.537. The van der Waals surface area contributed by atoms with Crippen molar-refractivity contribution in [1.29, 1.82) is 0 Å². The molecule has 0 fully saturated rings. The third-order valence-electron chi connectivity index (χ3n) is 3.66. The van der Waals surface area contributed by atoms with Gasteiger partial charge in [-0.3, -0.25) is 0 Å². The smallest absolute Gasteiger partial charge is 0.336 e. The fourth-order valence-electron chi connectivity index (χ4n) is 2.69. The summed E-state index contributed by atoms with van der Waals surface area (Å²) in [7, 11) is 0. The van der Waals surface area contributed by atoms with Crippen LogP contribution < -0.4 is 10.9 Å². The minimum Gasteiger partial charge on any atom is -0.427 e. The van der Waals surface area contributed by atoms with E-state index in [1.807, 2.05) is 0 Å². The molecule has 1 atom stereocenters. The molecule has 21 heavy (non-hydrogen) atoms. The molecule has 0 saturated carbocycles. The first-order valence-corrected chi connectivity index (χ1v) is 7.43. The van der Waals surface area contributed by atoms with Gasteiger partial charge in [0, 0.05) is 23.7 Å². The lowest BCUT2D eigenvalue weighted by Gasteiger charge is -2.28. The highest BCUT2D eigenvalue weighted by molar-refractivity contribution is 5.35. The van der Waals surface area contributed by atoms with Crippen molar-refractivity contribution in [2.24, 2.45) is 0 Å². The maximum atomic E-state index is 12.6. The molecular formula is C16H22FNO3. The quantitative estimate of drug-likeness (QED) is 0.784. The van der Waals surface area contributed by atoms with Crippen LogP contribution in [0.3, 0.4) is 0 Å². The number of ether oxygens (including phenoxy) is 1. The van der Waals surface area contributed by atoms with E-state index in [1.165, 1.54) is 12.5 Å². The summed E-state index contributed by atoms with van der Waals surface area (Å²) >= 11 is 0. The van der Waals surface area contributed by atoms with Crippen LogP contribution in [0, 0.1) is 0 Å². The number of alkyl halides is 1. The Balaban J connectivity index is 2.27. The molecule has 1 aromatic heterocycles. The number of fused-ring (bicyclic) bond motifs is 1. The van der Waals surface area contributed by atoms with E-state index in [-0.39, 0.29) is 5.63 Å². The van der Waals surface area contributed by atoms with Crippen molar-refractivity contribution in [3.05, 3.63) is 45.6 Å².